The lowest BCUT2D eigenvalue weighted by atomic mass is 10.0. The molecule has 7 nitrogen and oxygen atoms in total. The monoisotopic (exact) mass is 393 g/mol. The maximum absolute atomic E-state index is 12.2. The molecule has 0 spiro atoms. The zero-order valence-electron chi connectivity index (χ0n) is 13.8. The van der Waals surface area contributed by atoms with E-state index in [0.717, 1.165) is 4.47 Å². The molecule has 1 amide bonds. The van der Waals surface area contributed by atoms with Crippen LogP contribution in [0.5, 0.6) is 5.75 Å². The normalized spacial score (nSPS) is 10.8. The molecule has 0 saturated carbocycles. The molecule has 2 aromatic rings. The number of amides is 1. The first kappa shape index (κ1) is 18.2. The summed E-state index contributed by atoms with van der Waals surface area (Å²) in [5, 5.41) is 0. The van der Waals surface area contributed by atoms with Gasteiger partial charge in [0.15, 0.2) is 0 Å². The highest BCUT2D eigenvalue weighted by Gasteiger charge is 2.21. The van der Waals surface area contributed by atoms with Crippen LogP contribution in [0.4, 0.5) is 5.95 Å². The molecule has 0 saturated heterocycles. The number of hydrogen-bond donors (Lipinski definition) is 3. The molecule has 0 bridgehead atoms. The molecule has 24 heavy (non-hydrogen) atoms. The molecule has 0 aliphatic rings. The van der Waals surface area contributed by atoms with Crippen LogP contribution in [0.25, 0.3) is 11.3 Å². The summed E-state index contributed by atoms with van der Waals surface area (Å²) < 4.78 is 6.69. The molecule has 0 unspecified atom stereocenters. The topological polar surface area (TPSA) is 116 Å². The quantitative estimate of drug-likeness (QED) is 0.408. The fraction of sp³-hybridized carbons (Fsp3) is 0.312. The highest BCUT2D eigenvalue weighted by atomic mass is 79.9. The molecule has 5 N–H and O–H groups in total. The van der Waals surface area contributed by atoms with E-state index in [1.165, 1.54) is 0 Å². The Kier molecular flexibility index (Phi) is 5.74. The third-order valence-electron chi connectivity index (χ3n) is 3.23. The van der Waals surface area contributed by atoms with Crippen LogP contribution in [0.15, 0.2) is 22.7 Å². The number of halogens is 1. The van der Waals surface area contributed by atoms with Gasteiger partial charge in [0.25, 0.3) is 5.91 Å². The predicted octanol–water partition coefficient (Wildman–Crippen LogP) is 2.44. The standard InChI is InChI=1S/C16H20BrN5O2/c1-8(2)7-24-12-5-4-10(17)6-11(12)14-13(15(23)22-19)9(3)20-16(18)21-14/h4-6,8H,7,19H2,1-3H3,(H,22,23)(H2,18,20,21). The molecule has 128 valence electrons. The Hall–Kier alpha value is -2.19. The minimum absolute atomic E-state index is 0.0749. The minimum atomic E-state index is -0.489. The molecule has 2 rings (SSSR count). The van der Waals surface area contributed by atoms with Crippen molar-refractivity contribution in [2.45, 2.75) is 20.8 Å². The van der Waals surface area contributed by atoms with Crippen molar-refractivity contribution in [2.24, 2.45) is 11.8 Å². The first-order chi connectivity index (χ1) is 11.3. The summed E-state index contributed by atoms with van der Waals surface area (Å²) in [7, 11) is 0. The number of aromatic nitrogens is 2. The van der Waals surface area contributed by atoms with Crippen LogP contribution < -0.4 is 21.7 Å². The van der Waals surface area contributed by atoms with Crippen molar-refractivity contribution in [3.63, 3.8) is 0 Å². The van der Waals surface area contributed by atoms with Crippen molar-refractivity contribution in [3.05, 3.63) is 33.9 Å². The molecular weight excluding hydrogens is 374 g/mol. The maximum atomic E-state index is 12.2. The van der Waals surface area contributed by atoms with E-state index in [-0.39, 0.29) is 11.5 Å². The second-order valence-corrected chi connectivity index (χ2v) is 6.63. The number of nitrogen functional groups attached to an aromatic ring is 2. The lowest BCUT2D eigenvalue weighted by Crippen LogP contribution is -2.31. The van der Waals surface area contributed by atoms with Crippen LogP contribution in [0.2, 0.25) is 0 Å². The Morgan fingerprint density at radius 2 is 2.08 bits per heavy atom. The average molecular weight is 394 g/mol. The van der Waals surface area contributed by atoms with Crippen molar-refractivity contribution in [1.82, 2.24) is 15.4 Å². The summed E-state index contributed by atoms with van der Waals surface area (Å²) in [6.45, 7) is 6.32. The number of carbonyl (C=O) groups excluding carboxylic acids is 1. The van der Waals surface area contributed by atoms with Gasteiger partial charge in [-0.05, 0) is 31.0 Å². The largest absolute Gasteiger partial charge is 0.493 e. The summed E-state index contributed by atoms with van der Waals surface area (Å²) in [6, 6.07) is 5.50. The van der Waals surface area contributed by atoms with Crippen molar-refractivity contribution < 1.29 is 9.53 Å². The SMILES string of the molecule is Cc1nc(N)nc(-c2cc(Br)ccc2OCC(C)C)c1C(=O)NN. The van der Waals surface area contributed by atoms with Gasteiger partial charge >= 0.3 is 0 Å². The van der Waals surface area contributed by atoms with Crippen molar-refractivity contribution >= 4 is 27.8 Å². The molecule has 0 aliphatic heterocycles. The Labute approximate surface area is 148 Å². The number of ether oxygens (including phenoxy) is 1. The maximum Gasteiger partial charge on any atom is 0.269 e. The average Bonchev–Trinajstić information content (AvgIpc) is 2.52. The first-order valence-electron chi connectivity index (χ1n) is 7.41. The van der Waals surface area contributed by atoms with Gasteiger partial charge < -0.3 is 10.5 Å². The van der Waals surface area contributed by atoms with E-state index in [2.05, 4.69) is 45.2 Å². The van der Waals surface area contributed by atoms with Crippen molar-refractivity contribution in [2.75, 3.05) is 12.3 Å². The molecule has 1 aromatic heterocycles. The first-order valence-corrected chi connectivity index (χ1v) is 8.20. The van der Waals surface area contributed by atoms with E-state index in [0.29, 0.717) is 35.2 Å². The molecule has 0 radical (unpaired) electrons. The molecule has 0 fully saturated rings. The molecule has 8 heteroatoms. The third-order valence-corrected chi connectivity index (χ3v) is 3.73. The zero-order valence-corrected chi connectivity index (χ0v) is 15.3. The van der Waals surface area contributed by atoms with E-state index in [1.807, 2.05) is 18.2 Å². The van der Waals surface area contributed by atoms with Crippen LogP contribution in [0.3, 0.4) is 0 Å². The molecule has 1 aromatic carbocycles. The van der Waals surface area contributed by atoms with Gasteiger partial charge in [-0.1, -0.05) is 29.8 Å². The summed E-state index contributed by atoms with van der Waals surface area (Å²) in [4.78, 5) is 20.5. The Balaban J connectivity index is 2.66. The number of nitrogens with two attached hydrogens (primary N) is 2. The fourth-order valence-electron chi connectivity index (χ4n) is 2.20. The number of rotatable bonds is 5. The van der Waals surface area contributed by atoms with E-state index in [1.54, 1.807) is 6.92 Å². The Bertz CT molecular complexity index is 764. The number of aryl methyl sites for hydroxylation is 1. The third kappa shape index (κ3) is 4.01. The van der Waals surface area contributed by atoms with Gasteiger partial charge in [0.05, 0.1) is 23.6 Å². The number of nitrogens with zero attached hydrogens (tertiary/aromatic N) is 2. The smallest absolute Gasteiger partial charge is 0.269 e. The Morgan fingerprint density at radius 3 is 2.71 bits per heavy atom. The molecule has 0 aliphatic carbocycles. The number of hydrogen-bond acceptors (Lipinski definition) is 6. The highest BCUT2D eigenvalue weighted by molar-refractivity contribution is 9.10. The number of benzene rings is 1. The van der Waals surface area contributed by atoms with E-state index in [4.69, 9.17) is 16.3 Å². The predicted molar refractivity (Wildman–Crippen MR) is 96.3 cm³/mol. The van der Waals surface area contributed by atoms with Crippen LogP contribution in [0.1, 0.15) is 29.9 Å². The summed E-state index contributed by atoms with van der Waals surface area (Å²) in [5.41, 5.74) is 9.62. The number of carbonyl (C=O) groups is 1. The van der Waals surface area contributed by atoms with Crippen molar-refractivity contribution in [1.29, 1.82) is 0 Å². The fourth-order valence-corrected chi connectivity index (χ4v) is 2.56. The minimum Gasteiger partial charge on any atom is -0.493 e. The van der Waals surface area contributed by atoms with Gasteiger partial charge in [0.2, 0.25) is 5.95 Å². The summed E-state index contributed by atoms with van der Waals surface area (Å²) in [6.07, 6.45) is 0. The van der Waals surface area contributed by atoms with E-state index < -0.39 is 5.91 Å². The summed E-state index contributed by atoms with van der Waals surface area (Å²) >= 11 is 3.43. The van der Waals surface area contributed by atoms with Gasteiger partial charge in [0, 0.05) is 10.0 Å². The van der Waals surface area contributed by atoms with Crippen LogP contribution in [0, 0.1) is 12.8 Å². The lowest BCUT2D eigenvalue weighted by molar-refractivity contribution is 0.0953. The van der Waals surface area contributed by atoms with Gasteiger partial charge in [-0.3, -0.25) is 10.2 Å². The number of nitrogens with one attached hydrogen (secondary N) is 1. The van der Waals surface area contributed by atoms with Crippen LogP contribution in [-0.2, 0) is 0 Å². The molecular formula is C16H20BrN5O2. The molecule has 1 heterocycles. The van der Waals surface area contributed by atoms with Crippen LogP contribution >= 0.6 is 15.9 Å². The van der Waals surface area contributed by atoms with Crippen LogP contribution in [-0.4, -0.2) is 22.5 Å². The summed E-state index contributed by atoms with van der Waals surface area (Å²) in [5.74, 6) is 5.84. The second-order valence-electron chi connectivity index (χ2n) is 5.71. The number of hydrazine groups is 1. The van der Waals surface area contributed by atoms with E-state index in [9.17, 15) is 4.79 Å². The molecule has 0 atom stereocenters. The van der Waals surface area contributed by atoms with Gasteiger partial charge in [-0.25, -0.2) is 15.8 Å². The zero-order chi connectivity index (χ0) is 17.9. The Morgan fingerprint density at radius 1 is 1.38 bits per heavy atom. The number of anilines is 1. The lowest BCUT2D eigenvalue weighted by Gasteiger charge is -2.16. The van der Waals surface area contributed by atoms with Gasteiger partial charge in [0.1, 0.15) is 5.75 Å². The second kappa shape index (κ2) is 7.59. The van der Waals surface area contributed by atoms with E-state index >= 15 is 0 Å². The highest BCUT2D eigenvalue weighted by Crippen LogP contribution is 2.35. The van der Waals surface area contributed by atoms with Gasteiger partial charge in [-0.2, -0.15) is 0 Å². The van der Waals surface area contributed by atoms with Crippen molar-refractivity contribution in [3.8, 4) is 17.0 Å². The van der Waals surface area contributed by atoms with Gasteiger partial charge in [-0.15, -0.1) is 0 Å².